The normalized spacial score (nSPS) is 20.5. The molecule has 7 nitrogen and oxygen atoms in total. The molecule has 126 valence electrons. The topological polar surface area (TPSA) is 90.1 Å². The van der Waals surface area contributed by atoms with Gasteiger partial charge < -0.3 is 5.32 Å². The second kappa shape index (κ2) is 7.25. The average molecular weight is 328 g/mol. The van der Waals surface area contributed by atoms with Gasteiger partial charge in [-0.3, -0.25) is 19.6 Å². The fourth-order valence-corrected chi connectivity index (χ4v) is 3.25. The first-order chi connectivity index (χ1) is 11.6. The zero-order valence-corrected chi connectivity index (χ0v) is 13.3. The Bertz CT molecular complexity index is 706. The molecule has 0 unspecified atom stereocenters. The minimum Gasteiger partial charge on any atom is -0.352 e. The largest absolute Gasteiger partial charge is 0.352 e. The van der Waals surface area contributed by atoms with E-state index in [1.54, 1.807) is 0 Å². The van der Waals surface area contributed by atoms with Crippen molar-refractivity contribution < 1.29 is 9.72 Å². The molecule has 1 heterocycles. The van der Waals surface area contributed by atoms with E-state index < -0.39 is 4.92 Å². The predicted molar refractivity (Wildman–Crippen MR) is 88.5 cm³/mol. The molecule has 3 rings (SSSR count). The molecule has 1 amide bonds. The van der Waals surface area contributed by atoms with E-state index in [1.165, 1.54) is 16.4 Å². The van der Waals surface area contributed by atoms with E-state index in [4.69, 9.17) is 0 Å². The van der Waals surface area contributed by atoms with Crippen molar-refractivity contribution in [3.05, 3.63) is 58.4 Å². The van der Waals surface area contributed by atoms with Crippen molar-refractivity contribution in [2.24, 2.45) is 0 Å². The highest BCUT2D eigenvalue weighted by molar-refractivity contribution is 5.76. The Morgan fingerprint density at radius 1 is 1.25 bits per heavy atom. The van der Waals surface area contributed by atoms with Crippen LogP contribution in [0.2, 0.25) is 0 Å². The summed E-state index contributed by atoms with van der Waals surface area (Å²) in [6.45, 7) is 0.00640. The lowest BCUT2D eigenvalue weighted by Crippen LogP contribution is -2.39. The van der Waals surface area contributed by atoms with Crippen LogP contribution in [-0.2, 0) is 11.3 Å². The minimum absolute atomic E-state index is 0.00640. The summed E-state index contributed by atoms with van der Waals surface area (Å²) in [5.74, 6) is 0.407. The van der Waals surface area contributed by atoms with Gasteiger partial charge >= 0.3 is 5.69 Å². The van der Waals surface area contributed by atoms with Crippen molar-refractivity contribution in [3.63, 3.8) is 0 Å². The summed E-state index contributed by atoms with van der Waals surface area (Å²) < 4.78 is 1.29. The predicted octanol–water partition coefficient (Wildman–Crippen LogP) is 2.63. The Morgan fingerprint density at radius 3 is 2.58 bits per heavy atom. The standard InChI is InChI=1S/C17H20N4O3/c22-17(12-20-11-16(10-18-20)21(23)24)19-15-8-6-14(7-9-15)13-4-2-1-3-5-13/h1-5,10-11,14-15H,6-9,12H2,(H,19,22). The Hall–Kier alpha value is -2.70. The maximum atomic E-state index is 12.1. The summed E-state index contributed by atoms with van der Waals surface area (Å²) in [5, 5.41) is 17.5. The highest BCUT2D eigenvalue weighted by Gasteiger charge is 2.23. The quantitative estimate of drug-likeness (QED) is 0.675. The van der Waals surface area contributed by atoms with E-state index >= 15 is 0 Å². The molecule has 1 N–H and O–H groups in total. The summed E-state index contributed by atoms with van der Waals surface area (Å²) in [6, 6.07) is 10.6. The van der Waals surface area contributed by atoms with Gasteiger partial charge in [-0.05, 0) is 37.2 Å². The molecule has 1 aromatic heterocycles. The van der Waals surface area contributed by atoms with Crippen molar-refractivity contribution in [1.82, 2.24) is 15.1 Å². The van der Waals surface area contributed by atoms with Gasteiger partial charge in [0.05, 0.1) is 4.92 Å². The van der Waals surface area contributed by atoms with Crippen LogP contribution in [0.4, 0.5) is 5.69 Å². The lowest BCUT2D eigenvalue weighted by Gasteiger charge is -2.29. The number of aromatic nitrogens is 2. The maximum absolute atomic E-state index is 12.1. The molecule has 1 aliphatic carbocycles. The molecule has 24 heavy (non-hydrogen) atoms. The van der Waals surface area contributed by atoms with Crippen molar-refractivity contribution in [2.75, 3.05) is 0 Å². The highest BCUT2D eigenvalue weighted by atomic mass is 16.6. The molecule has 0 bridgehead atoms. The van der Waals surface area contributed by atoms with Gasteiger partial charge in [0.2, 0.25) is 5.91 Å². The van der Waals surface area contributed by atoms with Gasteiger partial charge in [0, 0.05) is 6.04 Å². The molecular weight excluding hydrogens is 308 g/mol. The maximum Gasteiger partial charge on any atom is 0.307 e. The number of amides is 1. The second-order valence-electron chi connectivity index (χ2n) is 6.18. The Morgan fingerprint density at radius 2 is 1.96 bits per heavy atom. The molecule has 0 radical (unpaired) electrons. The first-order valence-electron chi connectivity index (χ1n) is 8.13. The lowest BCUT2D eigenvalue weighted by molar-refractivity contribution is -0.385. The number of rotatable bonds is 5. The summed E-state index contributed by atoms with van der Waals surface area (Å²) >= 11 is 0. The van der Waals surface area contributed by atoms with Crippen LogP contribution in [0, 0.1) is 10.1 Å². The van der Waals surface area contributed by atoms with E-state index in [2.05, 4.69) is 34.7 Å². The molecule has 1 fully saturated rings. The number of hydrogen-bond acceptors (Lipinski definition) is 4. The fourth-order valence-electron chi connectivity index (χ4n) is 3.25. The highest BCUT2D eigenvalue weighted by Crippen LogP contribution is 2.32. The first-order valence-corrected chi connectivity index (χ1v) is 8.13. The molecule has 0 aliphatic heterocycles. The number of nitrogens with one attached hydrogen (secondary N) is 1. The van der Waals surface area contributed by atoms with Gasteiger partial charge in [0.1, 0.15) is 18.9 Å². The Balaban J connectivity index is 1.47. The lowest BCUT2D eigenvalue weighted by atomic mass is 9.82. The van der Waals surface area contributed by atoms with Crippen molar-refractivity contribution >= 4 is 11.6 Å². The molecule has 1 saturated carbocycles. The number of benzene rings is 1. The third-order valence-electron chi connectivity index (χ3n) is 4.50. The van der Waals surface area contributed by atoms with E-state index in [0.717, 1.165) is 31.9 Å². The van der Waals surface area contributed by atoms with Crippen molar-refractivity contribution in [1.29, 1.82) is 0 Å². The third kappa shape index (κ3) is 3.98. The van der Waals surface area contributed by atoms with Crippen LogP contribution < -0.4 is 5.32 Å². The summed E-state index contributed by atoms with van der Waals surface area (Å²) in [5.41, 5.74) is 1.26. The number of carbonyl (C=O) groups is 1. The molecular formula is C17H20N4O3. The van der Waals surface area contributed by atoms with Crippen LogP contribution >= 0.6 is 0 Å². The number of nitrogens with zero attached hydrogens (tertiary/aromatic N) is 3. The van der Waals surface area contributed by atoms with Crippen LogP contribution in [0.25, 0.3) is 0 Å². The Labute approximate surface area is 139 Å². The van der Waals surface area contributed by atoms with Crippen LogP contribution in [0.5, 0.6) is 0 Å². The van der Waals surface area contributed by atoms with E-state index in [9.17, 15) is 14.9 Å². The molecule has 7 heteroatoms. The zero-order valence-electron chi connectivity index (χ0n) is 13.3. The monoisotopic (exact) mass is 328 g/mol. The van der Waals surface area contributed by atoms with Gasteiger partial charge in [-0.2, -0.15) is 5.10 Å². The van der Waals surface area contributed by atoms with Crippen molar-refractivity contribution in [2.45, 2.75) is 44.2 Å². The molecule has 1 aromatic carbocycles. The third-order valence-corrected chi connectivity index (χ3v) is 4.50. The molecule has 0 spiro atoms. The summed E-state index contributed by atoms with van der Waals surface area (Å²) in [6.07, 6.45) is 6.43. The van der Waals surface area contributed by atoms with Crippen LogP contribution in [0.3, 0.4) is 0 Å². The van der Waals surface area contributed by atoms with Gasteiger partial charge in [-0.1, -0.05) is 30.3 Å². The summed E-state index contributed by atoms with van der Waals surface area (Å²) in [7, 11) is 0. The zero-order chi connectivity index (χ0) is 16.9. The van der Waals surface area contributed by atoms with E-state index in [1.807, 2.05) is 6.07 Å². The number of hydrogen-bond donors (Lipinski definition) is 1. The van der Waals surface area contributed by atoms with E-state index in [-0.39, 0.29) is 24.2 Å². The van der Waals surface area contributed by atoms with E-state index in [0.29, 0.717) is 5.92 Å². The van der Waals surface area contributed by atoms with Gasteiger partial charge in [-0.15, -0.1) is 0 Å². The van der Waals surface area contributed by atoms with Crippen LogP contribution in [0.15, 0.2) is 42.7 Å². The molecule has 2 aromatic rings. The molecule has 0 atom stereocenters. The molecule has 1 aliphatic rings. The van der Waals surface area contributed by atoms with Gasteiger partial charge in [0.25, 0.3) is 0 Å². The van der Waals surface area contributed by atoms with Crippen LogP contribution in [-0.4, -0.2) is 26.7 Å². The number of carbonyl (C=O) groups excluding carboxylic acids is 1. The summed E-state index contributed by atoms with van der Waals surface area (Å²) in [4.78, 5) is 22.2. The molecule has 0 saturated heterocycles. The van der Waals surface area contributed by atoms with Gasteiger partial charge in [-0.25, -0.2) is 0 Å². The second-order valence-corrected chi connectivity index (χ2v) is 6.18. The van der Waals surface area contributed by atoms with Crippen molar-refractivity contribution in [3.8, 4) is 0 Å². The minimum atomic E-state index is -0.522. The average Bonchev–Trinajstić information content (AvgIpc) is 3.05. The number of nitro groups is 1. The van der Waals surface area contributed by atoms with Crippen LogP contribution in [0.1, 0.15) is 37.2 Å². The SMILES string of the molecule is O=C(Cn1cc([N+](=O)[O-])cn1)NC1CCC(c2ccccc2)CC1. The Kier molecular flexibility index (Phi) is 4.88. The first kappa shape index (κ1) is 16.2. The smallest absolute Gasteiger partial charge is 0.307 e. The fraction of sp³-hybridized carbons (Fsp3) is 0.412. The van der Waals surface area contributed by atoms with Gasteiger partial charge in [0.15, 0.2) is 0 Å².